The van der Waals surface area contributed by atoms with Crippen molar-refractivity contribution < 1.29 is 14.2 Å². The summed E-state index contributed by atoms with van der Waals surface area (Å²) in [6.45, 7) is 0. The van der Waals surface area contributed by atoms with E-state index in [1.165, 1.54) is 17.9 Å². The highest BCUT2D eigenvalue weighted by Gasteiger charge is 2.14. The summed E-state index contributed by atoms with van der Waals surface area (Å²) in [5, 5.41) is 13.5. The number of aromatic hydroxyl groups is 1. The van der Waals surface area contributed by atoms with Crippen molar-refractivity contribution in [2.75, 3.05) is 12.8 Å². The second-order valence-corrected chi connectivity index (χ2v) is 3.58. The van der Waals surface area contributed by atoms with Crippen LogP contribution in [-0.2, 0) is 7.05 Å². The summed E-state index contributed by atoms with van der Waals surface area (Å²) in [4.78, 5) is 0. The minimum atomic E-state index is -0.741. The molecule has 0 aliphatic heterocycles. The lowest BCUT2D eigenvalue weighted by atomic mass is 10.1. The molecule has 0 aliphatic rings. The van der Waals surface area contributed by atoms with Crippen molar-refractivity contribution in [3.05, 3.63) is 24.0 Å². The number of ether oxygens (including phenoxy) is 1. The smallest absolute Gasteiger partial charge is 0.168 e. The van der Waals surface area contributed by atoms with Crippen molar-refractivity contribution >= 4 is 5.82 Å². The van der Waals surface area contributed by atoms with Gasteiger partial charge in [-0.25, -0.2) is 4.39 Å². The lowest BCUT2D eigenvalue weighted by Crippen LogP contribution is -1.96. The predicted octanol–water partition coefficient (Wildman–Crippen LogP) is 1.52. The Kier molecular flexibility index (Phi) is 2.63. The van der Waals surface area contributed by atoms with E-state index >= 15 is 0 Å². The number of nitrogens with two attached hydrogens (primary N) is 1. The van der Waals surface area contributed by atoms with E-state index in [1.807, 2.05) is 0 Å². The van der Waals surface area contributed by atoms with Crippen LogP contribution in [0.3, 0.4) is 0 Å². The molecule has 0 amide bonds. The third-order valence-corrected chi connectivity index (χ3v) is 2.46. The van der Waals surface area contributed by atoms with Gasteiger partial charge in [0.2, 0.25) is 0 Å². The van der Waals surface area contributed by atoms with Crippen LogP contribution in [0.15, 0.2) is 18.2 Å². The molecule has 0 radical (unpaired) electrons. The monoisotopic (exact) mass is 237 g/mol. The van der Waals surface area contributed by atoms with Gasteiger partial charge in [-0.05, 0) is 6.07 Å². The summed E-state index contributed by atoms with van der Waals surface area (Å²) in [5.41, 5.74) is 6.66. The molecule has 2 rings (SSSR count). The van der Waals surface area contributed by atoms with Crippen molar-refractivity contribution in [2.45, 2.75) is 0 Å². The lowest BCUT2D eigenvalue weighted by molar-refractivity contribution is 0.401. The lowest BCUT2D eigenvalue weighted by Gasteiger charge is -2.07. The van der Waals surface area contributed by atoms with Crippen LogP contribution in [0.5, 0.6) is 11.5 Å². The number of aromatic nitrogens is 2. The van der Waals surface area contributed by atoms with Gasteiger partial charge in [0.1, 0.15) is 11.6 Å². The molecule has 5 nitrogen and oxygen atoms in total. The van der Waals surface area contributed by atoms with Crippen LogP contribution >= 0.6 is 0 Å². The minimum absolute atomic E-state index is 0.290. The summed E-state index contributed by atoms with van der Waals surface area (Å²) >= 11 is 0. The molecule has 3 N–H and O–H groups in total. The van der Waals surface area contributed by atoms with Crippen LogP contribution < -0.4 is 10.5 Å². The van der Waals surface area contributed by atoms with Gasteiger partial charge in [-0.15, -0.1) is 0 Å². The molecule has 0 aliphatic carbocycles. The quantitative estimate of drug-likeness (QED) is 0.830. The van der Waals surface area contributed by atoms with Gasteiger partial charge in [-0.3, -0.25) is 4.68 Å². The van der Waals surface area contributed by atoms with Gasteiger partial charge in [0.05, 0.1) is 12.8 Å². The molecule has 0 fully saturated rings. The minimum Gasteiger partial charge on any atom is -0.505 e. The molecule has 0 saturated carbocycles. The van der Waals surface area contributed by atoms with E-state index in [9.17, 15) is 9.50 Å². The fourth-order valence-electron chi connectivity index (χ4n) is 1.53. The van der Waals surface area contributed by atoms with Gasteiger partial charge in [-0.2, -0.15) is 5.10 Å². The van der Waals surface area contributed by atoms with Crippen molar-refractivity contribution in [2.24, 2.45) is 7.05 Å². The molecule has 1 heterocycles. The molecule has 0 atom stereocenters. The first-order valence-corrected chi connectivity index (χ1v) is 4.89. The molecule has 0 spiro atoms. The van der Waals surface area contributed by atoms with E-state index in [1.54, 1.807) is 13.1 Å². The Morgan fingerprint density at radius 3 is 2.65 bits per heavy atom. The molecule has 2 aromatic rings. The van der Waals surface area contributed by atoms with Crippen molar-refractivity contribution in [1.82, 2.24) is 9.78 Å². The fraction of sp³-hybridized carbons (Fsp3) is 0.182. The maximum atomic E-state index is 13.2. The number of hydrogen-bond acceptors (Lipinski definition) is 4. The summed E-state index contributed by atoms with van der Waals surface area (Å²) in [6.07, 6.45) is 0. The van der Waals surface area contributed by atoms with E-state index in [2.05, 4.69) is 5.10 Å². The summed E-state index contributed by atoms with van der Waals surface area (Å²) in [7, 11) is 3.11. The third-order valence-electron chi connectivity index (χ3n) is 2.46. The highest BCUT2D eigenvalue weighted by molar-refractivity contribution is 5.71. The van der Waals surface area contributed by atoms with Crippen LogP contribution in [0.1, 0.15) is 0 Å². The number of methoxy groups -OCH3 is 1. The average Bonchev–Trinajstić information content (AvgIpc) is 2.62. The Labute approximate surface area is 97.2 Å². The number of rotatable bonds is 2. The maximum Gasteiger partial charge on any atom is 0.168 e. The Bertz CT molecular complexity index is 547. The standard InChI is InChI=1S/C11H12FN3O2/c1-15-11(13)5-8(14-15)6-3-9(16)7(12)4-10(6)17-2/h3-5,16H,13H2,1-2H3. The molecular formula is C11H12FN3O2. The van der Waals surface area contributed by atoms with Gasteiger partial charge in [-0.1, -0.05) is 0 Å². The SMILES string of the molecule is COc1cc(F)c(O)cc1-c1cc(N)n(C)n1. The van der Waals surface area contributed by atoms with Crippen molar-refractivity contribution in [3.63, 3.8) is 0 Å². The molecule has 1 aromatic heterocycles. The van der Waals surface area contributed by atoms with E-state index in [4.69, 9.17) is 10.5 Å². The zero-order valence-electron chi connectivity index (χ0n) is 9.44. The molecule has 1 aromatic carbocycles. The largest absolute Gasteiger partial charge is 0.505 e. The molecule has 90 valence electrons. The molecule has 0 unspecified atom stereocenters. The number of phenols is 1. The second kappa shape index (κ2) is 3.97. The van der Waals surface area contributed by atoms with Gasteiger partial charge < -0.3 is 15.6 Å². The predicted molar refractivity (Wildman–Crippen MR) is 61.2 cm³/mol. The first kappa shape index (κ1) is 11.3. The van der Waals surface area contributed by atoms with Crippen molar-refractivity contribution in [1.29, 1.82) is 0 Å². The highest BCUT2D eigenvalue weighted by Crippen LogP contribution is 2.34. The number of anilines is 1. The topological polar surface area (TPSA) is 73.3 Å². The zero-order valence-corrected chi connectivity index (χ0v) is 9.44. The Morgan fingerprint density at radius 2 is 2.12 bits per heavy atom. The number of halogens is 1. The summed E-state index contributed by atoms with van der Waals surface area (Å²) < 4.78 is 19.7. The van der Waals surface area contributed by atoms with Crippen molar-refractivity contribution in [3.8, 4) is 22.8 Å². The Morgan fingerprint density at radius 1 is 1.41 bits per heavy atom. The Balaban J connectivity index is 2.61. The number of nitrogen functional groups attached to an aromatic ring is 1. The van der Waals surface area contributed by atoms with Crippen LogP contribution in [0.4, 0.5) is 10.2 Å². The molecule has 0 bridgehead atoms. The zero-order chi connectivity index (χ0) is 12.6. The average molecular weight is 237 g/mol. The number of hydrogen-bond donors (Lipinski definition) is 2. The third kappa shape index (κ3) is 1.89. The van der Waals surface area contributed by atoms with Gasteiger partial charge >= 0.3 is 0 Å². The van der Waals surface area contributed by atoms with E-state index in [-0.39, 0.29) is 0 Å². The van der Waals surface area contributed by atoms with E-state index in [0.717, 1.165) is 6.07 Å². The normalized spacial score (nSPS) is 10.5. The second-order valence-electron chi connectivity index (χ2n) is 3.58. The van der Waals surface area contributed by atoms with Crippen LogP contribution in [0, 0.1) is 5.82 Å². The van der Waals surface area contributed by atoms with Crippen LogP contribution in [-0.4, -0.2) is 22.0 Å². The molecule has 6 heteroatoms. The summed E-state index contributed by atoms with van der Waals surface area (Å²) in [6, 6.07) is 3.99. The fourth-order valence-corrected chi connectivity index (χ4v) is 1.53. The first-order chi connectivity index (χ1) is 8.02. The molecule has 17 heavy (non-hydrogen) atoms. The number of phenolic OH excluding ortho intramolecular Hbond substituents is 1. The molecule has 0 saturated heterocycles. The van der Waals surface area contributed by atoms with E-state index < -0.39 is 11.6 Å². The van der Waals surface area contributed by atoms with Gasteiger partial charge in [0, 0.05) is 24.7 Å². The van der Waals surface area contributed by atoms with E-state index in [0.29, 0.717) is 22.8 Å². The maximum absolute atomic E-state index is 13.2. The highest BCUT2D eigenvalue weighted by atomic mass is 19.1. The van der Waals surface area contributed by atoms with Crippen LogP contribution in [0.2, 0.25) is 0 Å². The number of benzene rings is 1. The number of nitrogens with zero attached hydrogens (tertiary/aromatic N) is 2. The van der Waals surface area contributed by atoms with Gasteiger partial charge in [0.15, 0.2) is 11.6 Å². The molecular weight excluding hydrogens is 225 g/mol. The number of aryl methyl sites for hydroxylation is 1. The Hall–Kier alpha value is -2.24. The van der Waals surface area contributed by atoms with Crippen LogP contribution in [0.25, 0.3) is 11.3 Å². The first-order valence-electron chi connectivity index (χ1n) is 4.89. The summed E-state index contributed by atoms with van der Waals surface area (Å²) in [5.74, 6) is -0.441. The van der Waals surface area contributed by atoms with Gasteiger partial charge in [0.25, 0.3) is 0 Å².